The summed E-state index contributed by atoms with van der Waals surface area (Å²) in [6.45, 7) is 6.81. The van der Waals surface area contributed by atoms with Gasteiger partial charge >= 0.3 is 0 Å². The number of hydrogen-bond donors (Lipinski definition) is 1. The van der Waals surface area contributed by atoms with E-state index in [4.69, 9.17) is 9.97 Å². The first-order chi connectivity index (χ1) is 18.5. The molecule has 1 saturated heterocycles. The van der Waals surface area contributed by atoms with Gasteiger partial charge in [0.05, 0.1) is 21.3 Å². The topological polar surface area (TPSA) is 77.7 Å². The van der Waals surface area contributed by atoms with Crippen molar-refractivity contribution in [3.63, 3.8) is 0 Å². The van der Waals surface area contributed by atoms with Gasteiger partial charge < -0.3 is 10.2 Å². The molecule has 0 bridgehead atoms. The molecule has 0 atom stereocenters. The van der Waals surface area contributed by atoms with Crippen LogP contribution in [0.25, 0.3) is 20.9 Å². The Morgan fingerprint density at radius 3 is 2.61 bits per heavy atom. The van der Waals surface area contributed by atoms with Crippen LogP contribution in [0.3, 0.4) is 0 Å². The summed E-state index contributed by atoms with van der Waals surface area (Å²) >= 11 is 3.33. The first-order valence-corrected chi connectivity index (χ1v) is 15.1. The van der Waals surface area contributed by atoms with E-state index < -0.39 is 0 Å². The van der Waals surface area contributed by atoms with Gasteiger partial charge in [0.25, 0.3) is 0 Å². The maximum Gasteiger partial charge on any atom is 0.130 e. The summed E-state index contributed by atoms with van der Waals surface area (Å²) in [6.07, 6.45) is 12.1. The minimum atomic E-state index is -0.0674. The first-order valence-electron chi connectivity index (χ1n) is 13.4. The molecule has 2 fully saturated rings. The van der Waals surface area contributed by atoms with Crippen molar-refractivity contribution >= 4 is 39.9 Å². The first kappa shape index (κ1) is 25.0. The van der Waals surface area contributed by atoms with Crippen molar-refractivity contribution in [2.45, 2.75) is 57.8 Å². The number of aryl methyl sites for hydroxylation is 1. The number of pyridine rings is 1. The zero-order valence-electron chi connectivity index (χ0n) is 21.9. The van der Waals surface area contributed by atoms with Crippen LogP contribution in [0.2, 0.25) is 0 Å². The highest BCUT2D eigenvalue weighted by Gasteiger charge is 2.41. The van der Waals surface area contributed by atoms with E-state index >= 15 is 0 Å². The number of hydrogen-bond acceptors (Lipinski definition) is 8. The van der Waals surface area contributed by atoms with E-state index in [1.807, 2.05) is 24.1 Å². The van der Waals surface area contributed by atoms with Crippen molar-refractivity contribution in [1.29, 1.82) is 5.26 Å². The molecule has 194 valence electrons. The molecule has 6 nitrogen and oxygen atoms in total. The Labute approximate surface area is 232 Å². The lowest BCUT2D eigenvalue weighted by molar-refractivity contribution is 0.248. The van der Waals surface area contributed by atoms with Gasteiger partial charge in [-0.3, -0.25) is 4.98 Å². The molecule has 3 aromatic heterocycles. The van der Waals surface area contributed by atoms with Crippen molar-refractivity contribution in [3.8, 4) is 27.0 Å². The van der Waals surface area contributed by atoms with Crippen molar-refractivity contribution in [2.75, 3.05) is 23.3 Å². The Kier molecular flexibility index (Phi) is 6.89. The zero-order valence-corrected chi connectivity index (χ0v) is 23.5. The van der Waals surface area contributed by atoms with Gasteiger partial charge in [0.1, 0.15) is 10.8 Å². The fourth-order valence-electron chi connectivity index (χ4n) is 5.62. The van der Waals surface area contributed by atoms with Gasteiger partial charge in [-0.25, -0.2) is 9.97 Å². The van der Waals surface area contributed by atoms with E-state index in [2.05, 4.69) is 59.4 Å². The zero-order chi connectivity index (χ0) is 26.1. The lowest BCUT2D eigenvalue weighted by Crippen LogP contribution is -2.33. The van der Waals surface area contributed by atoms with Gasteiger partial charge in [0.2, 0.25) is 0 Å². The largest absolute Gasteiger partial charge is 0.371 e. The van der Waals surface area contributed by atoms with Gasteiger partial charge in [-0.1, -0.05) is 13.3 Å². The number of piperidine rings is 1. The summed E-state index contributed by atoms with van der Waals surface area (Å²) in [5.74, 6) is 1.62. The number of nitrogens with one attached hydrogen (secondary N) is 1. The third-order valence-corrected chi connectivity index (χ3v) is 10.2. The summed E-state index contributed by atoms with van der Waals surface area (Å²) in [5, 5.41) is 14.0. The van der Waals surface area contributed by atoms with Crippen LogP contribution < -0.4 is 10.2 Å². The normalized spacial score (nSPS) is 17.1. The highest BCUT2D eigenvalue weighted by atomic mass is 32.1. The maximum absolute atomic E-state index is 9.42. The number of rotatable bonds is 7. The number of aromatic nitrogens is 3. The molecule has 2 aliphatic rings. The molecule has 38 heavy (non-hydrogen) atoms. The van der Waals surface area contributed by atoms with Crippen LogP contribution in [-0.4, -0.2) is 28.0 Å². The van der Waals surface area contributed by atoms with Gasteiger partial charge in [-0.15, -0.1) is 22.7 Å². The van der Waals surface area contributed by atoms with Crippen LogP contribution in [-0.2, 0) is 5.41 Å². The van der Waals surface area contributed by atoms with E-state index in [9.17, 15) is 5.26 Å². The van der Waals surface area contributed by atoms with Crippen LogP contribution >= 0.6 is 22.7 Å². The third kappa shape index (κ3) is 4.81. The van der Waals surface area contributed by atoms with Crippen molar-refractivity contribution in [1.82, 2.24) is 15.0 Å². The Morgan fingerprint density at radius 1 is 1.08 bits per heavy atom. The summed E-state index contributed by atoms with van der Waals surface area (Å²) in [6, 6.07) is 11.1. The molecule has 0 radical (unpaired) electrons. The summed E-state index contributed by atoms with van der Waals surface area (Å²) in [7, 11) is 0. The van der Waals surface area contributed by atoms with E-state index in [1.54, 1.807) is 22.7 Å². The van der Waals surface area contributed by atoms with E-state index in [0.717, 1.165) is 69.2 Å². The fraction of sp³-hybridized carbons (Fsp3) is 0.400. The SMILES string of the molecule is Cc1cc(Nc2cc(-c3cnc(C4(CC#N)CCC4)s3)c(-c3cncs3)cn2)ccc1N1CCC(C)CC1. The summed E-state index contributed by atoms with van der Waals surface area (Å²) < 4.78 is 0. The second-order valence-electron chi connectivity index (χ2n) is 10.8. The van der Waals surface area contributed by atoms with Crippen LogP contribution in [0.5, 0.6) is 0 Å². The Balaban J connectivity index is 1.30. The highest BCUT2D eigenvalue weighted by Crippen LogP contribution is 2.49. The highest BCUT2D eigenvalue weighted by molar-refractivity contribution is 7.15. The smallest absolute Gasteiger partial charge is 0.130 e. The molecule has 0 amide bonds. The average molecular weight is 541 g/mol. The maximum atomic E-state index is 9.42. The quantitative estimate of drug-likeness (QED) is 0.256. The molecule has 1 aliphatic carbocycles. The van der Waals surface area contributed by atoms with Crippen molar-refractivity contribution < 1.29 is 0 Å². The standard InChI is InChI=1S/C30H32N6S2/c1-20-6-12-36(13-7-20)25-5-4-22(14-21(25)2)35-28-15-23(24(16-33-28)26-17-32-19-37-26)27-18-34-29(38-27)30(10-11-31)8-3-9-30/h4-5,14-20H,3,6-10,12-13H2,1-2H3,(H,33,35). The predicted octanol–water partition coefficient (Wildman–Crippen LogP) is 7.95. The second-order valence-corrected chi connectivity index (χ2v) is 12.7. The van der Waals surface area contributed by atoms with E-state index in [-0.39, 0.29) is 5.41 Å². The number of thiazole rings is 2. The number of anilines is 3. The van der Waals surface area contributed by atoms with Crippen LogP contribution in [0, 0.1) is 24.2 Å². The van der Waals surface area contributed by atoms with Gasteiger partial charge in [0.15, 0.2) is 0 Å². The van der Waals surface area contributed by atoms with Gasteiger partial charge in [0, 0.05) is 66.0 Å². The molecule has 1 aliphatic heterocycles. The minimum Gasteiger partial charge on any atom is -0.371 e. The molecule has 0 spiro atoms. The molecule has 4 aromatic rings. The monoisotopic (exact) mass is 540 g/mol. The Bertz CT molecular complexity index is 1460. The lowest BCUT2D eigenvalue weighted by Gasteiger charge is -2.38. The van der Waals surface area contributed by atoms with Crippen molar-refractivity contribution in [3.05, 3.63) is 58.9 Å². The second kappa shape index (κ2) is 10.5. The predicted molar refractivity (Wildman–Crippen MR) is 157 cm³/mol. The van der Waals surface area contributed by atoms with Crippen LogP contribution in [0.4, 0.5) is 17.2 Å². The van der Waals surface area contributed by atoms with E-state index in [0.29, 0.717) is 6.42 Å². The Morgan fingerprint density at radius 2 is 1.92 bits per heavy atom. The average Bonchev–Trinajstić information content (AvgIpc) is 3.60. The van der Waals surface area contributed by atoms with E-state index in [1.165, 1.54) is 30.5 Å². The van der Waals surface area contributed by atoms with Crippen LogP contribution in [0.1, 0.15) is 56.0 Å². The fourth-order valence-corrected chi connectivity index (χ4v) is 7.46. The molecule has 6 rings (SSSR count). The molecule has 0 unspecified atom stereocenters. The van der Waals surface area contributed by atoms with Crippen LogP contribution in [0.15, 0.2) is 48.4 Å². The van der Waals surface area contributed by atoms with Gasteiger partial charge in [-0.2, -0.15) is 5.26 Å². The third-order valence-electron chi connectivity index (χ3n) is 8.15. The van der Waals surface area contributed by atoms with Crippen molar-refractivity contribution in [2.24, 2.45) is 5.92 Å². The minimum absolute atomic E-state index is 0.0674. The lowest BCUT2D eigenvalue weighted by atomic mass is 9.67. The van der Waals surface area contributed by atoms with Gasteiger partial charge in [-0.05, 0) is 68.4 Å². The summed E-state index contributed by atoms with van der Waals surface area (Å²) in [4.78, 5) is 18.6. The molecular weight excluding hydrogens is 509 g/mol. The molecule has 1 saturated carbocycles. The molecule has 1 N–H and O–H groups in total. The molecule has 1 aromatic carbocycles. The molecule has 4 heterocycles. The number of nitrogens with zero attached hydrogens (tertiary/aromatic N) is 5. The molecular formula is C30H32N6S2. The Hall–Kier alpha value is -3.28. The number of benzene rings is 1. The number of nitriles is 1. The molecule has 8 heteroatoms. The summed E-state index contributed by atoms with van der Waals surface area (Å²) in [5.41, 5.74) is 7.58.